The second kappa shape index (κ2) is 4.80. The normalized spacial score (nSPS) is 12.4. The zero-order chi connectivity index (χ0) is 10.6. The van der Waals surface area contributed by atoms with Gasteiger partial charge in [-0.2, -0.15) is 0 Å². The maximum atomic E-state index is 11.0. The summed E-state index contributed by atoms with van der Waals surface area (Å²) in [6.07, 6.45) is 1.56. The quantitative estimate of drug-likeness (QED) is 0.794. The Hall–Kier alpha value is -1.31. The molecule has 0 saturated heterocycles. The molecule has 0 saturated carbocycles. The van der Waals surface area contributed by atoms with Crippen LogP contribution in [0.2, 0.25) is 0 Å². The molecule has 0 amide bonds. The molecule has 75 valence electrons. The minimum Gasteiger partial charge on any atom is -0.481 e. The van der Waals surface area contributed by atoms with Crippen LogP contribution in [0.5, 0.6) is 0 Å². The van der Waals surface area contributed by atoms with Gasteiger partial charge in [0.25, 0.3) is 0 Å². The average molecular weight is 191 g/mol. The van der Waals surface area contributed by atoms with Gasteiger partial charge >= 0.3 is 5.97 Å². The molecule has 0 bridgehead atoms. The second-order valence-corrected chi connectivity index (χ2v) is 3.42. The predicted octanol–water partition coefficient (Wildman–Crippen LogP) is 2.84. The summed E-state index contributed by atoms with van der Waals surface area (Å²) < 4.78 is 0. The molecule has 14 heavy (non-hydrogen) atoms. The largest absolute Gasteiger partial charge is 0.481 e. The SMILES string of the molecule is [CH2]c1ccc(C(CCC)C(=O)O)cc1. The molecule has 1 rings (SSSR count). The van der Waals surface area contributed by atoms with E-state index in [1.54, 1.807) is 0 Å². The fraction of sp³-hybridized carbons (Fsp3) is 0.333. The van der Waals surface area contributed by atoms with Crippen LogP contribution >= 0.6 is 0 Å². The van der Waals surface area contributed by atoms with E-state index in [2.05, 4.69) is 6.92 Å². The smallest absolute Gasteiger partial charge is 0.310 e. The van der Waals surface area contributed by atoms with Crippen LogP contribution in [0, 0.1) is 6.92 Å². The lowest BCUT2D eigenvalue weighted by atomic mass is 9.94. The van der Waals surface area contributed by atoms with Crippen molar-refractivity contribution >= 4 is 5.97 Å². The van der Waals surface area contributed by atoms with Crippen molar-refractivity contribution in [2.75, 3.05) is 0 Å². The van der Waals surface area contributed by atoms with Crippen molar-refractivity contribution < 1.29 is 9.90 Å². The third kappa shape index (κ3) is 2.59. The molecule has 1 radical (unpaired) electrons. The molecule has 0 spiro atoms. The fourth-order valence-corrected chi connectivity index (χ4v) is 1.47. The van der Waals surface area contributed by atoms with E-state index in [1.165, 1.54) is 0 Å². The van der Waals surface area contributed by atoms with E-state index < -0.39 is 5.97 Å². The maximum Gasteiger partial charge on any atom is 0.310 e. The van der Waals surface area contributed by atoms with Crippen LogP contribution in [0.15, 0.2) is 24.3 Å². The summed E-state index contributed by atoms with van der Waals surface area (Å²) in [6, 6.07) is 7.38. The van der Waals surface area contributed by atoms with Crippen LogP contribution < -0.4 is 0 Å². The van der Waals surface area contributed by atoms with Crippen molar-refractivity contribution in [2.45, 2.75) is 25.7 Å². The fourth-order valence-electron chi connectivity index (χ4n) is 1.47. The topological polar surface area (TPSA) is 37.3 Å². The molecule has 0 aliphatic rings. The lowest BCUT2D eigenvalue weighted by molar-refractivity contribution is -0.139. The standard InChI is InChI=1S/C12H15O2/c1-3-4-11(12(13)14)10-7-5-9(2)6-8-10/h5-8,11H,2-4H2,1H3,(H,13,14). The molecule has 1 aromatic rings. The lowest BCUT2D eigenvalue weighted by Gasteiger charge is -2.11. The van der Waals surface area contributed by atoms with Gasteiger partial charge < -0.3 is 5.11 Å². The monoisotopic (exact) mass is 191 g/mol. The first-order valence-electron chi connectivity index (χ1n) is 4.80. The third-order valence-corrected chi connectivity index (χ3v) is 2.26. The number of hydrogen-bond donors (Lipinski definition) is 1. The molecule has 0 heterocycles. The summed E-state index contributed by atoms with van der Waals surface area (Å²) in [4.78, 5) is 11.0. The molecule has 0 aliphatic heterocycles. The van der Waals surface area contributed by atoms with Gasteiger partial charge in [0, 0.05) is 0 Å². The average Bonchev–Trinajstić information content (AvgIpc) is 2.15. The Morgan fingerprint density at radius 2 is 2.00 bits per heavy atom. The van der Waals surface area contributed by atoms with Crippen molar-refractivity contribution in [2.24, 2.45) is 0 Å². The zero-order valence-corrected chi connectivity index (χ0v) is 8.36. The highest BCUT2D eigenvalue weighted by Gasteiger charge is 2.17. The third-order valence-electron chi connectivity index (χ3n) is 2.26. The second-order valence-electron chi connectivity index (χ2n) is 3.42. The van der Waals surface area contributed by atoms with Crippen LogP contribution in [0.3, 0.4) is 0 Å². The Labute approximate surface area is 84.6 Å². The van der Waals surface area contributed by atoms with Crippen molar-refractivity contribution in [3.8, 4) is 0 Å². The number of hydrogen-bond acceptors (Lipinski definition) is 1. The summed E-state index contributed by atoms with van der Waals surface area (Å²) in [5.41, 5.74) is 1.78. The first-order valence-corrected chi connectivity index (χ1v) is 4.80. The number of rotatable bonds is 4. The molecule has 1 atom stereocenters. The Morgan fingerprint density at radius 3 is 2.43 bits per heavy atom. The molecule has 2 nitrogen and oxygen atoms in total. The first kappa shape index (κ1) is 10.8. The van der Waals surface area contributed by atoms with E-state index in [0.717, 1.165) is 17.5 Å². The van der Waals surface area contributed by atoms with E-state index >= 15 is 0 Å². The van der Waals surface area contributed by atoms with E-state index in [1.807, 2.05) is 31.2 Å². The number of benzene rings is 1. The summed E-state index contributed by atoms with van der Waals surface area (Å²) in [7, 11) is 0. The Balaban J connectivity index is 2.87. The number of aliphatic carboxylic acids is 1. The van der Waals surface area contributed by atoms with Gasteiger partial charge in [0.05, 0.1) is 5.92 Å². The van der Waals surface area contributed by atoms with Gasteiger partial charge in [-0.3, -0.25) is 4.79 Å². The van der Waals surface area contributed by atoms with Crippen molar-refractivity contribution in [1.29, 1.82) is 0 Å². The Bertz CT molecular complexity index is 301. The van der Waals surface area contributed by atoms with E-state index in [4.69, 9.17) is 5.11 Å². The van der Waals surface area contributed by atoms with Crippen LogP contribution in [-0.4, -0.2) is 11.1 Å². The van der Waals surface area contributed by atoms with Gasteiger partial charge in [-0.1, -0.05) is 37.6 Å². The predicted molar refractivity (Wildman–Crippen MR) is 56.2 cm³/mol. The minimum atomic E-state index is -0.747. The molecular formula is C12H15O2. The Kier molecular flexibility index (Phi) is 3.69. The van der Waals surface area contributed by atoms with Crippen molar-refractivity contribution in [3.63, 3.8) is 0 Å². The molecule has 0 aliphatic carbocycles. The summed E-state index contributed by atoms with van der Waals surface area (Å²) in [6.45, 7) is 5.76. The molecule has 2 heteroatoms. The highest BCUT2D eigenvalue weighted by molar-refractivity contribution is 5.76. The molecule has 1 aromatic carbocycles. The van der Waals surface area contributed by atoms with Gasteiger partial charge in [-0.05, 0) is 24.5 Å². The molecular weight excluding hydrogens is 176 g/mol. The molecule has 0 fully saturated rings. The number of carbonyl (C=O) groups is 1. The van der Waals surface area contributed by atoms with Gasteiger partial charge in [-0.25, -0.2) is 0 Å². The molecule has 1 N–H and O–H groups in total. The summed E-state index contributed by atoms with van der Waals surface area (Å²) >= 11 is 0. The van der Waals surface area contributed by atoms with E-state index in [-0.39, 0.29) is 5.92 Å². The molecule has 0 aromatic heterocycles. The zero-order valence-electron chi connectivity index (χ0n) is 8.36. The highest BCUT2D eigenvalue weighted by atomic mass is 16.4. The first-order chi connectivity index (χ1) is 6.65. The number of carboxylic acid groups (broad SMARTS) is 1. The molecule has 1 unspecified atom stereocenters. The van der Waals surface area contributed by atoms with Crippen molar-refractivity contribution in [1.82, 2.24) is 0 Å². The minimum absolute atomic E-state index is 0.374. The van der Waals surface area contributed by atoms with Gasteiger partial charge in [0.2, 0.25) is 0 Å². The van der Waals surface area contributed by atoms with E-state index in [9.17, 15) is 4.79 Å². The summed E-state index contributed by atoms with van der Waals surface area (Å²) in [5.74, 6) is -1.12. The lowest BCUT2D eigenvalue weighted by Crippen LogP contribution is -2.11. The van der Waals surface area contributed by atoms with Crippen LogP contribution in [0.4, 0.5) is 0 Å². The van der Waals surface area contributed by atoms with Crippen molar-refractivity contribution in [3.05, 3.63) is 42.3 Å². The Morgan fingerprint density at radius 1 is 1.43 bits per heavy atom. The van der Waals surface area contributed by atoms with Crippen LogP contribution in [0.25, 0.3) is 0 Å². The van der Waals surface area contributed by atoms with E-state index in [0.29, 0.717) is 6.42 Å². The maximum absolute atomic E-state index is 11.0. The summed E-state index contributed by atoms with van der Waals surface area (Å²) in [5, 5.41) is 9.01. The van der Waals surface area contributed by atoms with Gasteiger partial charge in [-0.15, -0.1) is 0 Å². The number of carboxylic acids is 1. The van der Waals surface area contributed by atoms with Crippen LogP contribution in [0.1, 0.15) is 36.8 Å². The van der Waals surface area contributed by atoms with Crippen LogP contribution in [-0.2, 0) is 4.79 Å². The van der Waals surface area contributed by atoms with Gasteiger partial charge in [0.15, 0.2) is 0 Å². The highest BCUT2D eigenvalue weighted by Crippen LogP contribution is 2.21. The van der Waals surface area contributed by atoms with Gasteiger partial charge in [0.1, 0.15) is 0 Å².